The van der Waals surface area contributed by atoms with Gasteiger partial charge in [-0.25, -0.2) is 13.4 Å². The van der Waals surface area contributed by atoms with Gasteiger partial charge in [0, 0.05) is 30.6 Å². The number of nitrogens with zero attached hydrogens (tertiary/aromatic N) is 3. The number of amides is 1. The molecule has 220 valence electrons. The average Bonchev–Trinajstić information content (AvgIpc) is 3.67. The molecule has 1 amide bonds. The molecule has 0 spiro atoms. The minimum atomic E-state index is -4.00. The van der Waals surface area contributed by atoms with E-state index < -0.39 is 22.5 Å². The summed E-state index contributed by atoms with van der Waals surface area (Å²) in [4.78, 5) is 18.3. The van der Waals surface area contributed by atoms with Crippen LogP contribution in [-0.2, 0) is 19.6 Å². The molecule has 1 aliphatic heterocycles. The quantitative estimate of drug-likeness (QED) is 0.249. The third kappa shape index (κ3) is 6.73. The fraction of sp³-hybridized carbons (Fsp3) is 0.312. The molecule has 1 fully saturated rings. The SMILES string of the molecule is COc1ccc(S(=O)(=O)N(CC(=O)Nc2nc(-c3ccccc3)cn2-c2ccc(C(C)C)cc2)C[C@H]2CCCO2)cc1. The van der Waals surface area contributed by atoms with Gasteiger partial charge in [0.05, 0.1) is 30.3 Å². The van der Waals surface area contributed by atoms with E-state index in [1.54, 1.807) is 12.1 Å². The summed E-state index contributed by atoms with van der Waals surface area (Å²) in [6.45, 7) is 4.51. The number of rotatable bonds is 11. The molecule has 0 radical (unpaired) electrons. The molecular formula is C32H36N4O5S. The van der Waals surface area contributed by atoms with Crippen LogP contribution in [0.2, 0.25) is 0 Å². The third-order valence-corrected chi connectivity index (χ3v) is 9.14. The fourth-order valence-corrected chi connectivity index (χ4v) is 6.35. The van der Waals surface area contributed by atoms with E-state index in [2.05, 4.69) is 31.3 Å². The van der Waals surface area contributed by atoms with E-state index in [0.29, 0.717) is 29.9 Å². The van der Waals surface area contributed by atoms with Crippen molar-refractivity contribution < 1.29 is 22.7 Å². The Morgan fingerprint density at radius 3 is 2.40 bits per heavy atom. The molecule has 1 aromatic heterocycles. The van der Waals surface area contributed by atoms with Crippen LogP contribution in [0, 0.1) is 0 Å². The summed E-state index contributed by atoms with van der Waals surface area (Å²) in [6, 6.07) is 23.9. The fourth-order valence-electron chi connectivity index (χ4n) is 4.92. The van der Waals surface area contributed by atoms with Crippen molar-refractivity contribution in [2.45, 2.75) is 43.6 Å². The van der Waals surface area contributed by atoms with Gasteiger partial charge in [-0.2, -0.15) is 4.31 Å². The van der Waals surface area contributed by atoms with Gasteiger partial charge in [-0.1, -0.05) is 56.3 Å². The number of anilines is 1. The van der Waals surface area contributed by atoms with E-state index in [0.717, 1.165) is 24.1 Å². The number of hydrogen-bond acceptors (Lipinski definition) is 6. The molecule has 1 aliphatic rings. The first-order chi connectivity index (χ1) is 20.2. The number of nitrogens with one attached hydrogen (secondary N) is 1. The third-order valence-electron chi connectivity index (χ3n) is 7.31. The molecule has 1 saturated heterocycles. The van der Waals surface area contributed by atoms with Crippen molar-refractivity contribution in [3.63, 3.8) is 0 Å². The van der Waals surface area contributed by atoms with Gasteiger partial charge in [0.1, 0.15) is 5.75 Å². The Kier molecular flexibility index (Phi) is 9.06. The average molecular weight is 589 g/mol. The van der Waals surface area contributed by atoms with Gasteiger partial charge in [-0.05, 0) is 60.7 Å². The highest BCUT2D eigenvalue weighted by Gasteiger charge is 2.31. The molecule has 10 heteroatoms. The molecule has 0 aliphatic carbocycles. The lowest BCUT2D eigenvalue weighted by Gasteiger charge is -2.24. The van der Waals surface area contributed by atoms with E-state index in [1.807, 2.05) is 53.2 Å². The van der Waals surface area contributed by atoms with Gasteiger partial charge in [0.2, 0.25) is 21.9 Å². The van der Waals surface area contributed by atoms with Crippen LogP contribution in [0.15, 0.2) is 90.0 Å². The predicted octanol–water partition coefficient (Wildman–Crippen LogP) is 5.48. The Bertz CT molecular complexity index is 1600. The topological polar surface area (TPSA) is 103 Å². The molecule has 3 aromatic carbocycles. The van der Waals surface area contributed by atoms with Crippen LogP contribution >= 0.6 is 0 Å². The normalized spacial score (nSPS) is 15.3. The first-order valence-electron chi connectivity index (χ1n) is 14.1. The molecule has 0 unspecified atom stereocenters. The Balaban J connectivity index is 1.44. The lowest BCUT2D eigenvalue weighted by atomic mass is 10.0. The van der Waals surface area contributed by atoms with Gasteiger partial charge >= 0.3 is 0 Å². The van der Waals surface area contributed by atoms with Crippen molar-refractivity contribution in [2.24, 2.45) is 0 Å². The number of methoxy groups -OCH3 is 1. The second kappa shape index (κ2) is 12.9. The Labute approximate surface area is 247 Å². The zero-order valence-corrected chi connectivity index (χ0v) is 24.9. The van der Waals surface area contributed by atoms with E-state index in [9.17, 15) is 13.2 Å². The van der Waals surface area contributed by atoms with Gasteiger partial charge in [0.15, 0.2) is 0 Å². The summed E-state index contributed by atoms with van der Waals surface area (Å²) < 4.78 is 41.3. The number of benzene rings is 3. The molecule has 42 heavy (non-hydrogen) atoms. The Morgan fingerprint density at radius 1 is 1.07 bits per heavy atom. The maximum Gasteiger partial charge on any atom is 0.243 e. The minimum absolute atomic E-state index is 0.0716. The number of hydrogen-bond donors (Lipinski definition) is 1. The number of sulfonamides is 1. The smallest absolute Gasteiger partial charge is 0.243 e. The molecule has 5 rings (SSSR count). The van der Waals surface area contributed by atoms with Crippen molar-refractivity contribution in [2.75, 3.05) is 32.1 Å². The zero-order chi connectivity index (χ0) is 29.7. The zero-order valence-electron chi connectivity index (χ0n) is 24.1. The number of aromatic nitrogens is 2. The number of carbonyl (C=O) groups is 1. The van der Waals surface area contributed by atoms with Crippen molar-refractivity contribution >= 4 is 21.9 Å². The van der Waals surface area contributed by atoms with E-state index in [1.165, 1.54) is 29.1 Å². The molecule has 0 bridgehead atoms. The van der Waals surface area contributed by atoms with E-state index >= 15 is 0 Å². The van der Waals surface area contributed by atoms with Crippen LogP contribution < -0.4 is 10.1 Å². The largest absolute Gasteiger partial charge is 0.497 e. The van der Waals surface area contributed by atoms with Crippen LogP contribution in [0.4, 0.5) is 5.95 Å². The summed E-state index contributed by atoms with van der Waals surface area (Å²) in [5.74, 6) is 0.716. The van der Waals surface area contributed by atoms with Crippen LogP contribution in [0.1, 0.15) is 38.2 Å². The second-order valence-corrected chi connectivity index (χ2v) is 12.5. The molecule has 1 atom stereocenters. The van der Waals surface area contributed by atoms with Gasteiger partial charge in [0.25, 0.3) is 0 Å². The molecule has 4 aromatic rings. The highest BCUT2D eigenvalue weighted by Crippen LogP contribution is 2.27. The molecule has 2 heterocycles. The van der Waals surface area contributed by atoms with Gasteiger partial charge in [-0.3, -0.25) is 14.7 Å². The van der Waals surface area contributed by atoms with Crippen molar-refractivity contribution in [1.29, 1.82) is 0 Å². The van der Waals surface area contributed by atoms with Crippen LogP contribution in [0.25, 0.3) is 16.9 Å². The Morgan fingerprint density at radius 2 is 1.79 bits per heavy atom. The van der Waals surface area contributed by atoms with E-state index in [4.69, 9.17) is 14.5 Å². The Hall–Kier alpha value is -3.99. The minimum Gasteiger partial charge on any atom is -0.497 e. The molecule has 9 nitrogen and oxygen atoms in total. The van der Waals surface area contributed by atoms with Crippen molar-refractivity contribution in [1.82, 2.24) is 13.9 Å². The number of carbonyl (C=O) groups excluding carboxylic acids is 1. The molecule has 1 N–H and O–H groups in total. The van der Waals surface area contributed by atoms with Crippen LogP contribution in [-0.4, -0.2) is 61.1 Å². The van der Waals surface area contributed by atoms with Gasteiger partial charge in [-0.15, -0.1) is 0 Å². The van der Waals surface area contributed by atoms with Crippen molar-refractivity contribution in [3.8, 4) is 22.7 Å². The first-order valence-corrected chi connectivity index (χ1v) is 15.5. The molecule has 0 saturated carbocycles. The summed E-state index contributed by atoms with van der Waals surface area (Å²) in [5.41, 5.74) is 3.60. The standard InChI is InChI=1S/C32H36N4O5S/c1-23(2)24-11-13-26(14-12-24)36-21-30(25-8-5-4-6-9-25)33-32(36)34-31(37)22-35(20-28-10-7-19-41-28)42(38,39)29-17-15-27(40-3)16-18-29/h4-6,8-9,11-18,21,23,28H,7,10,19-20,22H2,1-3H3,(H,33,34,37)/t28-/m1/s1. The molecular weight excluding hydrogens is 552 g/mol. The van der Waals surface area contributed by atoms with Crippen LogP contribution in [0.5, 0.6) is 5.75 Å². The lowest BCUT2D eigenvalue weighted by molar-refractivity contribution is -0.116. The monoisotopic (exact) mass is 588 g/mol. The van der Waals surface area contributed by atoms with E-state index in [-0.39, 0.29) is 17.5 Å². The summed E-state index contributed by atoms with van der Waals surface area (Å²) in [7, 11) is -2.49. The predicted molar refractivity (Wildman–Crippen MR) is 162 cm³/mol. The number of imidazole rings is 1. The summed E-state index contributed by atoms with van der Waals surface area (Å²) in [6.07, 6.45) is 3.17. The first kappa shape index (κ1) is 29.5. The van der Waals surface area contributed by atoms with Gasteiger partial charge < -0.3 is 9.47 Å². The summed E-state index contributed by atoms with van der Waals surface area (Å²) >= 11 is 0. The highest BCUT2D eigenvalue weighted by molar-refractivity contribution is 7.89. The van der Waals surface area contributed by atoms with Crippen LogP contribution in [0.3, 0.4) is 0 Å². The highest BCUT2D eigenvalue weighted by atomic mass is 32.2. The maximum atomic E-state index is 13.7. The second-order valence-electron chi connectivity index (χ2n) is 10.6. The lowest BCUT2D eigenvalue weighted by Crippen LogP contribution is -2.42. The maximum absolute atomic E-state index is 13.7. The van der Waals surface area contributed by atoms with Crippen molar-refractivity contribution in [3.05, 3.63) is 90.6 Å². The number of ether oxygens (including phenoxy) is 2. The summed E-state index contributed by atoms with van der Waals surface area (Å²) in [5, 5.41) is 2.88.